The van der Waals surface area contributed by atoms with E-state index in [1.807, 2.05) is 36.4 Å². The van der Waals surface area contributed by atoms with Crippen molar-refractivity contribution in [3.05, 3.63) is 71.8 Å². The van der Waals surface area contributed by atoms with Gasteiger partial charge in [0, 0.05) is 35.9 Å². The van der Waals surface area contributed by atoms with E-state index < -0.39 is 24.4 Å². The Morgan fingerprint density at radius 3 is 1.87 bits per heavy atom. The summed E-state index contributed by atoms with van der Waals surface area (Å²) in [4.78, 5) is 0. The number of rotatable bonds is 9. The van der Waals surface area contributed by atoms with Crippen molar-refractivity contribution in [3.8, 4) is 0 Å². The Morgan fingerprint density at radius 1 is 0.806 bits per heavy atom. The maximum atomic E-state index is 10.9. The normalized spacial score (nSPS) is 23.7. The summed E-state index contributed by atoms with van der Waals surface area (Å²) >= 11 is 13.6. The van der Waals surface area contributed by atoms with Gasteiger partial charge in [0.05, 0.1) is 4.58 Å². The Bertz CT molecular complexity index is 838. The van der Waals surface area contributed by atoms with Gasteiger partial charge in [0.15, 0.2) is 18.3 Å². The Morgan fingerprint density at radius 2 is 1.35 bits per heavy atom. The highest BCUT2D eigenvalue weighted by Crippen LogP contribution is 2.39. The molecule has 0 spiro atoms. The average molecular weight is 495 g/mol. The second kappa shape index (κ2) is 10.9. The zero-order valence-corrected chi connectivity index (χ0v) is 19.8. The third kappa shape index (κ3) is 6.04. The first-order chi connectivity index (χ1) is 15.1. The summed E-state index contributed by atoms with van der Waals surface area (Å²) in [5.41, 5.74) is 2.43. The smallest absolute Gasteiger partial charge is 0.353 e. The molecule has 1 N–H and O–H groups in total. The van der Waals surface area contributed by atoms with Crippen molar-refractivity contribution >= 4 is 58.4 Å². The summed E-state index contributed by atoms with van der Waals surface area (Å²) < 4.78 is 22.2. The van der Waals surface area contributed by atoms with Gasteiger partial charge in [-0.2, -0.15) is 0 Å². The number of thiocarbonyl (C=S) groups is 2. The van der Waals surface area contributed by atoms with Crippen LogP contribution in [0.5, 0.6) is 0 Å². The molecule has 4 atom stereocenters. The average Bonchev–Trinajstić information content (AvgIpc) is 3.40. The monoisotopic (exact) mass is 494 g/mol. The van der Waals surface area contributed by atoms with Crippen molar-refractivity contribution in [3.63, 3.8) is 0 Å². The molecule has 2 saturated heterocycles. The first-order valence-corrected chi connectivity index (χ1v) is 12.7. The van der Waals surface area contributed by atoms with Crippen molar-refractivity contribution < 1.29 is 24.1 Å². The summed E-state index contributed by atoms with van der Waals surface area (Å²) in [6.45, 7) is 0.179. The summed E-state index contributed by atoms with van der Waals surface area (Å²) in [7, 11) is 0. The van der Waals surface area contributed by atoms with Gasteiger partial charge < -0.3 is 24.1 Å². The summed E-state index contributed by atoms with van der Waals surface area (Å²) in [6.07, 6.45) is -2.70. The summed E-state index contributed by atoms with van der Waals surface area (Å²) in [5, 5.41) is 11.0. The molecule has 2 heterocycles. The van der Waals surface area contributed by atoms with Crippen LogP contribution in [0.15, 0.2) is 60.7 Å². The molecular formula is C22H22O5S4. The van der Waals surface area contributed by atoms with Crippen LogP contribution in [-0.2, 0) is 30.5 Å². The largest absolute Gasteiger partial charge is 0.453 e. The molecule has 0 aliphatic carbocycles. The van der Waals surface area contributed by atoms with Gasteiger partial charge in [-0.1, -0.05) is 60.7 Å². The molecule has 2 fully saturated rings. The lowest BCUT2D eigenvalue weighted by Crippen LogP contribution is -2.46. The van der Waals surface area contributed by atoms with Gasteiger partial charge in [0.25, 0.3) is 0 Å². The lowest BCUT2D eigenvalue weighted by Gasteiger charge is -2.28. The molecule has 0 saturated carbocycles. The number of aliphatic hydroxyl groups is 1. The van der Waals surface area contributed by atoms with Crippen molar-refractivity contribution in [1.82, 2.24) is 0 Å². The number of hydrogen-bond donors (Lipinski definition) is 1. The Labute approximate surface area is 200 Å². The quantitative estimate of drug-likeness (QED) is 0.406. The number of hydrogen-bond acceptors (Lipinski definition) is 9. The molecule has 0 unspecified atom stereocenters. The van der Waals surface area contributed by atoms with Gasteiger partial charge in [-0.05, 0) is 11.1 Å². The molecule has 2 aliphatic heterocycles. The molecule has 0 amide bonds. The molecule has 4 rings (SSSR count). The van der Waals surface area contributed by atoms with Crippen LogP contribution < -0.4 is 0 Å². The van der Waals surface area contributed by atoms with Crippen LogP contribution in [0.2, 0.25) is 0 Å². The minimum atomic E-state index is -0.983. The van der Waals surface area contributed by atoms with E-state index in [2.05, 4.69) is 24.3 Å². The minimum Gasteiger partial charge on any atom is -0.453 e. The first-order valence-electron chi connectivity index (χ1n) is 9.80. The maximum Gasteiger partial charge on any atom is 0.353 e. The van der Waals surface area contributed by atoms with Crippen LogP contribution in [0, 0.1) is 0 Å². The molecule has 0 bridgehead atoms. The SMILES string of the molecule is O[C@@H]([C@@H]1OC(=S)O[C@H]1C(SCc1ccccc1)SCc1ccccc1)[C@H]1COC(=S)O1. The topological polar surface area (TPSA) is 57.2 Å². The lowest BCUT2D eigenvalue weighted by molar-refractivity contribution is -0.0410. The molecule has 0 radical (unpaired) electrons. The predicted octanol–water partition coefficient (Wildman–Crippen LogP) is 4.31. The van der Waals surface area contributed by atoms with E-state index in [4.69, 9.17) is 43.4 Å². The van der Waals surface area contributed by atoms with Crippen LogP contribution in [0.3, 0.4) is 0 Å². The zero-order valence-electron chi connectivity index (χ0n) is 16.5. The van der Waals surface area contributed by atoms with Crippen LogP contribution in [-0.4, -0.2) is 51.2 Å². The van der Waals surface area contributed by atoms with Crippen molar-refractivity contribution in [2.24, 2.45) is 0 Å². The zero-order chi connectivity index (χ0) is 21.6. The predicted molar refractivity (Wildman–Crippen MR) is 131 cm³/mol. The lowest BCUT2D eigenvalue weighted by atomic mass is 10.0. The molecule has 9 heteroatoms. The van der Waals surface area contributed by atoms with E-state index in [1.54, 1.807) is 23.5 Å². The van der Waals surface area contributed by atoms with Crippen molar-refractivity contribution in [2.45, 2.75) is 40.5 Å². The van der Waals surface area contributed by atoms with Crippen LogP contribution in [0.25, 0.3) is 0 Å². The van der Waals surface area contributed by atoms with E-state index in [0.29, 0.717) is 0 Å². The number of thioether (sulfide) groups is 2. The molecule has 2 aromatic rings. The van der Waals surface area contributed by atoms with Gasteiger partial charge in [-0.3, -0.25) is 0 Å². The molecule has 5 nitrogen and oxygen atoms in total. The second-order valence-electron chi connectivity index (χ2n) is 7.08. The van der Waals surface area contributed by atoms with Crippen LogP contribution in [0.1, 0.15) is 11.1 Å². The molecule has 2 aromatic carbocycles. The third-order valence-corrected chi connectivity index (χ3v) is 8.32. The molecule has 31 heavy (non-hydrogen) atoms. The Hall–Kier alpha value is -1.52. The second-order valence-corrected chi connectivity index (χ2v) is 10.3. The molecular weight excluding hydrogens is 473 g/mol. The van der Waals surface area contributed by atoms with Gasteiger partial charge >= 0.3 is 10.5 Å². The highest BCUT2D eigenvalue weighted by molar-refractivity contribution is 8.16. The maximum absolute atomic E-state index is 10.9. The van der Waals surface area contributed by atoms with E-state index in [-0.39, 0.29) is 21.7 Å². The third-order valence-electron chi connectivity index (χ3n) is 4.90. The summed E-state index contributed by atoms with van der Waals surface area (Å²) in [6, 6.07) is 20.5. The van der Waals surface area contributed by atoms with Crippen LogP contribution in [0.4, 0.5) is 0 Å². The number of aliphatic hydroxyl groups excluding tert-OH is 1. The first kappa shape index (κ1) is 22.7. The molecule has 164 valence electrons. The Kier molecular flexibility index (Phi) is 7.95. The Balaban J connectivity index is 1.49. The van der Waals surface area contributed by atoms with Crippen molar-refractivity contribution in [2.75, 3.05) is 6.61 Å². The van der Waals surface area contributed by atoms with Crippen molar-refractivity contribution in [1.29, 1.82) is 0 Å². The standard InChI is InChI=1S/C22H22O5S4/c23-17(16-11-24-21(28)25-16)18-19(27-22(29)26-18)20(30-12-14-7-3-1-4-8-14)31-13-15-9-5-2-6-10-15/h1-10,16-20,23H,11-13H2/t16-,17-,18+,19-/m1/s1. The van der Waals surface area contributed by atoms with Gasteiger partial charge in [0.1, 0.15) is 12.7 Å². The fourth-order valence-corrected chi connectivity index (χ4v) is 6.43. The summed E-state index contributed by atoms with van der Waals surface area (Å²) in [5.74, 6) is 1.60. The van der Waals surface area contributed by atoms with E-state index in [9.17, 15) is 5.11 Å². The highest BCUT2D eigenvalue weighted by Gasteiger charge is 2.49. The van der Waals surface area contributed by atoms with Gasteiger partial charge in [-0.15, -0.1) is 23.5 Å². The molecule has 2 aliphatic rings. The fraction of sp³-hybridized carbons (Fsp3) is 0.364. The van der Waals surface area contributed by atoms with E-state index in [1.165, 1.54) is 11.1 Å². The fourth-order valence-electron chi connectivity index (χ4n) is 3.32. The van der Waals surface area contributed by atoms with Gasteiger partial charge in [0.2, 0.25) is 0 Å². The van der Waals surface area contributed by atoms with Gasteiger partial charge in [-0.25, -0.2) is 0 Å². The van der Waals surface area contributed by atoms with E-state index in [0.717, 1.165) is 11.5 Å². The van der Waals surface area contributed by atoms with E-state index >= 15 is 0 Å². The van der Waals surface area contributed by atoms with Crippen LogP contribution >= 0.6 is 48.0 Å². The minimum absolute atomic E-state index is 0.0326. The molecule has 0 aromatic heterocycles. The highest BCUT2D eigenvalue weighted by atomic mass is 32.2. The number of benzene rings is 2. The number of ether oxygens (including phenoxy) is 4.